The van der Waals surface area contributed by atoms with Crippen molar-refractivity contribution in [3.63, 3.8) is 0 Å². The molecular weight excluding hydrogens is 337 g/mol. The summed E-state index contributed by atoms with van der Waals surface area (Å²) in [5, 5.41) is 10.5. The van der Waals surface area contributed by atoms with Crippen LogP contribution in [0.15, 0.2) is 36.0 Å². The molecule has 5 nitrogen and oxygen atoms in total. The molecule has 1 unspecified atom stereocenters. The first-order valence-corrected chi connectivity index (χ1v) is 7.82. The van der Waals surface area contributed by atoms with Crippen molar-refractivity contribution in [3.8, 4) is 5.75 Å². The number of methoxy groups -OCH3 is 1. The third-order valence-electron chi connectivity index (χ3n) is 3.89. The van der Waals surface area contributed by atoms with Gasteiger partial charge in [-0.3, -0.25) is 10.2 Å². The Morgan fingerprint density at radius 3 is 2.48 bits per heavy atom. The van der Waals surface area contributed by atoms with Crippen LogP contribution < -0.4 is 10.2 Å². The predicted molar refractivity (Wildman–Crippen MR) is 85.5 cm³/mol. The van der Waals surface area contributed by atoms with Crippen LogP contribution in [0.4, 0.5) is 13.2 Å². The number of rotatable bonds is 4. The standard InChI is InChI=1S/C17H21F3N2O3/c1-11(2)4-7-13-10-16(24,17(18,19)20)22(21-13)15(23)12-5-8-14(25-3)9-6-12/h5-9,11,21,24H,4,10H2,1-3H3. The van der Waals surface area contributed by atoms with E-state index in [4.69, 9.17) is 4.74 Å². The maximum absolute atomic E-state index is 13.4. The Kier molecular flexibility index (Phi) is 5.31. The fourth-order valence-corrected chi connectivity index (χ4v) is 2.42. The molecule has 0 aromatic heterocycles. The van der Waals surface area contributed by atoms with Gasteiger partial charge in [-0.2, -0.15) is 13.2 Å². The normalized spacial score (nSPS) is 22.4. The van der Waals surface area contributed by atoms with Crippen LogP contribution >= 0.6 is 0 Å². The minimum absolute atomic E-state index is 0.00100. The molecule has 0 saturated carbocycles. The van der Waals surface area contributed by atoms with Crippen molar-refractivity contribution in [1.29, 1.82) is 0 Å². The highest BCUT2D eigenvalue weighted by Crippen LogP contribution is 2.41. The highest BCUT2D eigenvalue weighted by Gasteiger charge is 2.63. The molecule has 8 heteroatoms. The summed E-state index contributed by atoms with van der Waals surface area (Å²) in [6.45, 7) is 3.84. The average molecular weight is 358 g/mol. The van der Waals surface area contributed by atoms with Crippen molar-refractivity contribution in [3.05, 3.63) is 41.6 Å². The van der Waals surface area contributed by atoms with E-state index in [-0.39, 0.29) is 22.2 Å². The second kappa shape index (κ2) is 6.95. The Morgan fingerprint density at radius 2 is 2.00 bits per heavy atom. The van der Waals surface area contributed by atoms with E-state index in [9.17, 15) is 23.1 Å². The largest absolute Gasteiger partial charge is 0.497 e. The number of hydrogen-bond donors (Lipinski definition) is 2. The molecule has 1 aliphatic heterocycles. The molecule has 25 heavy (non-hydrogen) atoms. The average Bonchev–Trinajstić information content (AvgIpc) is 2.90. The van der Waals surface area contributed by atoms with E-state index in [1.807, 2.05) is 13.8 Å². The van der Waals surface area contributed by atoms with Gasteiger partial charge in [-0.25, -0.2) is 5.01 Å². The lowest BCUT2D eigenvalue weighted by Crippen LogP contribution is -2.59. The summed E-state index contributed by atoms with van der Waals surface area (Å²) in [6, 6.07) is 5.61. The lowest BCUT2D eigenvalue weighted by atomic mass is 10.0. The molecule has 138 valence electrons. The van der Waals surface area contributed by atoms with Gasteiger partial charge in [-0.1, -0.05) is 19.9 Å². The SMILES string of the molecule is COc1ccc(C(=O)N2NC(=CCC(C)C)CC2(O)C(F)(F)F)cc1. The number of halogens is 3. The molecule has 0 radical (unpaired) electrons. The molecule has 2 N–H and O–H groups in total. The van der Waals surface area contributed by atoms with E-state index in [1.54, 1.807) is 6.08 Å². The number of ether oxygens (including phenoxy) is 1. The number of hydrazine groups is 1. The lowest BCUT2D eigenvalue weighted by molar-refractivity contribution is -0.299. The third-order valence-corrected chi connectivity index (χ3v) is 3.89. The van der Waals surface area contributed by atoms with Gasteiger partial charge in [0.2, 0.25) is 0 Å². The zero-order valence-corrected chi connectivity index (χ0v) is 14.2. The molecule has 1 amide bonds. The highest BCUT2D eigenvalue weighted by molar-refractivity contribution is 5.94. The number of carbonyl (C=O) groups excluding carboxylic acids is 1. The summed E-state index contributed by atoms with van der Waals surface area (Å²) in [6.07, 6.45) is -3.63. The van der Waals surface area contributed by atoms with Crippen LogP contribution in [-0.2, 0) is 0 Å². The number of benzene rings is 1. The Morgan fingerprint density at radius 1 is 1.40 bits per heavy atom. The lowest BCUT2D eigenvalue weighted by Gasteiger charge is -2.33. The summed E-state index contributed by atoms with van der Waals surface area (Å²) in [5.41, 5.74) is -0.721. The highest BCUT2D eigenvalue weighted by atomic mass is 19.4. The van der Waals surface area contributed by atoms with Gasteiger partial charge >= 0.3 is 6.18 Å². The summed E-state index contributed by atoms with van der Waals surface area (Å²) in [7, 11) is 1.44. The van der Waals surface area contributed by atoms with Crippen LogP contribution in [-0.4, -0.2) is 35.0 Å². The van der Waals surface area contributed by atoms with Gasteiger partial charge in [-0.05, 0) is 36.6 Å². The molecule has 1 aromatic rings. The summed E-state index contributed by atoms with van der Waals surface area (Å²) in [4.78, 5) is 12.5. The first kappa shape index (κ1) is 19.1. The van der Waals surface area contributed by atoms with E-state index in [1.165, 1.54) is 31.4 Å². The number of aliphatic hydroxyl groups is 1. The van der Waals surface area contributed by atoms with E-state index in [0.29, 0.717) is 12.2 Å². The van der Waals surface area contributed by atoms with Crippen LogP contribution in [0.1, 0.15) is 37.0 Å². The van der Waals surface area contributed by atoms with Gasteiger partial charge in [0.05, 0.1) is 7.11 Å². The van der Waals surface area contributed by atoms with Crippen LogP contribution in [0.2, 0.25) is 0 Å². The van der Waals surface area contributed by atoms with Crippen LogP contribution in [0, 0.1) is 5.92 Å². The molecular formula is C17H21F3N2O3. The van der Waals surface area contributed by atoms with E-state index in [0.717, 1.165) is 0 Å². The smallest absolute Gasteiger partial charge is 0.438 e. The van der Waals surface area contributed by atoms with Crippen molar-refractivity contribution in [2.24, 2.45) is 5.92 Å². The maximum Gasteiger partial charge on any atom is 0.438 e. The molecule has 1 aliphatic rings. The molecule has 0 aliphatic carbocycles. The van der Waals surface area contributed by atoms with E-state index >= 15 is 0 Å². The zero-order valence-electron chi connectivity index (χ0n) is 14.2. The molecule has 1 atom stereocenters. The van der Waals surface area contributed by atoms with Gasteiger partial charge in [0.1, 0.15) is 5.75 Å². The van der Waals surface area contributed by atoms with Crippen molar-refractivity contribution >= 4 is 5.91 Å². The quantitative estimate of drug-likeness (QED) is 0.868. The summed E-state index contributed by atoms with van der Waals surface area (Å²) >= 11 is 0. The van der Waals surface area contributed by atoms with Gasteiger partial charge in [-0.15, -0.1) is 0 Å². The minimum Gasteiger partial charge on any atom is -0.497 e. The van der Waals surface area contributed by atoms with Crippen LogP contribution in [0.5, 0.6) is 5.75 Å². The number of nitrogens with one attached hydrogen (secondary N) is 1. The molecule has 1 heterocycles. The van der Waals surface area contributed by atoms with Gasteiger partial charge in [0, 0.05) is 17.7 Å². The van der Waals surface area contributed by atoms with Gasteiger partial charge in [0.15, 0.2) is 0 Å². The minimum atomic E-state index is -5.00. The summed E-state index contributed by atoms with van der Waals surface area (Å²) < 4.78 is 45.3. The second-order valence-electron chi connectivity index (χ2n) is 6.33. The van der Waals surface area contributed by atoms with Gasteiger partial charge < -0.3 is 9.84 Å². The Bertz CT molecular complexity index is 656. The maximum atomic E-state index is 13.4. The summed E-state index contributed by atoms with van der Waals surface area (Å²) in [5.74, 6) is -0.274. The first-order valence-electron chi connectivity index (χ1n) is 7.82. The molecule has 2 rings (SSSR count). The third kappa shape index (κ3) is 3.89. The topological polar surface area (TPSA) is 61.8 Å². The molecule has 0 bridgehead atoms. The number of alkyl halides is 3. The molecule has 1 saturated heterocycles. The molecule has 0 spiro atoms. The zero-order chi connectivity index (χ0) is 18.8. The Labute approximate surface area is 144 Å². The second-order valence-corrected chi connectivity index (χ2v) is 6.33. The van der Waals surface area contributed by atoms with Crippen molar-refractivity contribution < 1.29 is 27.8 Å². The number of nitrogens with zero attached hydrogens (tertiary/aromatic N) is 1. The van der Waals surface area contributed by atoms with E-state index < -0.39 is 24.2 Å². The van der Waals surface area contributed by atoms with Crippen LogP contribution in [0.25, 0.3) is 0 Å². The van der Waals surface area contributed by atoms with E-state index in [2.05, 4.69) is 5.43 Å². The first-order chi connectivity index (χ1) is 11.6. The van der Waals surface area contributed by atoms with Crippen molar-refractivity contribution in [2.45, 2.75) is 38.6 Å². The Balaban J connectivity index is 2.33. The monoisotopic (exact) mass is 358 g/mol. The number of allylic oxidation sites excluding steroid dienone is 1. The Hall–Kier alpha value is -2.22. The fraction of sp³-hybridized carbons (Fsp3) is 0.471. The van der Waals surface area contributed by atoms with Crippen LogP contribution in [0.3, 0.4) is 0 Å². The van der Waals surface area contributed by atoms with Crippen molar-refractivity contribution in [2.75, 3.05) is 7.11 Å². The predicted octanol–water partition coefficient (Wildman–Crippen LogP) is 3.23. The molecule has 1 fully saturated rings. The molecule has 1 aromatic carbocycles. The number of carbonyl (C=O) groups is 1. The number of hydrogen-bond acceptors (Lipinski definition) is 4. The van der Waals surface area contributed by atoms with Crippen molar-refractivity contribution in [1.82, 2.24) is 10.4 Å². The fourth-order valence-electron chi connectivity index (χ4n) is 2.42. The van der Waals surface area contributed by atoms with Gasteiger partial charge in [0.25, 0.3) is 11.6 Å². The number of amides is 1.